The van der Waals surface area contributed by atoms with E-state index in [1.54, 1.807) is 25.1 Å². The third-order valence-corrected chi connectivity index (χ3v) is 3.54. The molecule has 1 heterocycles. The normalized spacial score (nSPS) is 23.7. The lowest BCUT2D eigenvalue weighted by Crippen LogP contribution is -2.35. The minimum Gasteiger partial charge on any atom is -0.508 e. The number of rotatable bonds is 2. The molecular formula is C14H19NO3. The number of phenolic OH excluding ortho intramolecular Hbond substituents is 1. The summed E-state index contributed by atoms with van der Waals surface area (Å²) in [6, 6.07) is 5.14. The van der Waals surface area contributed by atoms with Gasteiger partial charge >= 0.3 is 0 Å². The molecule has 1 saturated heterocycles. The Morgan fingerprint density at radius 3 is 3.00 bits per heavy atom. The van der Waals surface area contributed by atoms with Crippen LogP contribution in [0.3, 0.4) is 0 Å². The number of aromatic hydroxyl groups is 1. The molecule has 98 valence electrons. The van der Waals surface area contributed by atoms with Crippen molar-refractivity contribution >= 4 is 11.6 Å². The second-order valence-corrected chi connectivity index (χ2v) is 4.89. The van der Waals surface area contributed by atoms with Crippen molar-refractivity contribution in [1.29, 1.82) is 0 Å². The van der Waals surface area contributed by atoms with Crippen LogP contribution in [0.2, 0.25) is 0 Å². The molecule has 4 heteroatoms. The largest absolute Gasteiger partial charge is 0.508 e. The lowest BCUT2D eigenvalue weighted by atomic mass is 9.89. The number of ether oxygens (including phenoxy) is 1. The van der Waals surface area contributed by atoms with E-state index in [0.717, 1.165) is 6.42 Å². The average molecular weight is 249 g/mol. The van der Waals surface area contributed by atoms with Crippen molar-refractivity contribution in [1.82, 2.24) is 0 Å². The lowest BCUT2D eigenvalue weighted by Gasteiger charge is -2.28. The van der Waals surface area contributed by atoms with Gasteiger partial charge in [-0.05, 0) is 31.4 Å². The highest BCUT2D eigenvalue weighted by Gasteiger charge is 2.28. The van der Waals surface area contributed by atoms with E-state index in [9.17, 15) is 9.90 Å². The SMILES string of the molecule is Cc1c(O)cccc1NC(=O)C1CCOCC1C. The number of hydrogen-bond donors (Lipinski definition) is 2. The zero-order chi connectivity index (χ0) is 13.1. The summed E-state index contributed by atoms with van der Waals surface area (Å²) in [5, 5.41) is 12.5. The van der Waals surface area contributed by atoms with Crippen LogP contribution in [0.1, 0.15) is 18.9 Å². The van der Waals surface area contributed by atoms with Crippen LogP contribution >= 0.6 is 0 Å². The summed E-state index contributed by atoms with van der Waals surface area (Å²) >= 11 is 0. The van der Waals surface area contributed by atoms with Crippen LogP contribution < -0.4 is 5.32 Å². The third-order valence-electron chi connectivity index (χ3n) is 3.54. The fourth-order valence-corrected chi connectivity index (χ4v) is 2.25. The predicted molar refractivity (Wildman–Crippen MR) is 69.6 cm³/mol. The maximum absolute atomic E-state index is 12.2. The van der Waals surface area contributed by atoms with Gasteiger partial charge in [0, 0.05) is 30.4 Å². The quantitative estimate of drug-likeness (QED) is 0.845. The molecule has 2 N–H and O–H groups in total. The Labute approximate surface area is 107 Å². The molecule has 1 aromatic carbocycles. The first kappa shape index (κ1) is 12.9. The highest BCUT2D eigenvalue weighted by molar-refractivity contribution is 5.93. The number of carbonyl (C=O) groups excluding carboxylic acids is 1. The molecule has 0 bridgehead atoms. The number of phenols is 1. The van der Waals surface area contributed by atoms with Crippen LogP contribution in [-0.2, 0) is 9.53 Å². The molecule has 0 saturated carbocycles. The van der Waals surface area contributed by atoms with Gasteiger partial charge in [0.1, 0.15) is 5.75 Å². The van der Waals surface area contributed by atoms with Crippen molar-refractivity contribution in [2.75, 3.05) is 18.5 Å². The highest BCUT2D eigenvalue weighted by Crippen LogP contribution is 2.27. The Morgan fingerprint density at radius 1 is 1.50 bits per heavy atom. The number of amides is 1. The summed E-state index contributed by atoms with van der Waals surface area (Å²) < 4.78 is 5.34. The Morgan fingerprint density at radius 2 is 2.28 bits per heavy atom. The minimum atomic E-state index is -0.0134. The van der Waals surface area contributed by atoms with Gasteiger partial charge in [-0.3, -0.25) is 4.79 Å². The average Bonchev–Trinajstić information content (AvgIpc) is 2.35. The van der Waals surface area contributed by atoms with Crippen LogP contribution in [0.15, 0.2) is 18.2 Å². The van der Waals surface area contributed by atoms with E-state index in [1.165, 1.54) is 0 Å². The fourth-order valence-electron chi connectivity index (χ4n) is 2.25. The van der Waals surface area contributed by atoms with E-state index < -0.39 is 0 Å². The van der Waals surface area contributed by atoms with Gasteiger partial charge in [-0.1, -0.05) is 13.0 Å². The van der Waals surface area contributed by atoms with Crippen LogP contribution in [-0.4, -0.2) is 24.2 Å². The van der Waals surface area contributed by atoms with Crippen LogP contribution in [0.5, 0.6) is 5.75 Å². The van der Waals surface area contributed by atoms with Crippen molar-refractivity contribution in [3.8, 4) is 5.75 Å². The van der Waals surface area contributed by atoms with Crippen molar-refractivity contribution in [3.05, 3.63) is 23.8 Å². The molecule has 1 aliphatic rings. The van der Waals surface area contributed by atoms with Gasteiger partial charge < -0.3 is 15.2 Å². The van der Waals surface area contributed by atoms with Crippen molar-refractivity contribution < 1.29 is 14.6 Å². The van der Waals surface area contributed by atoms with E-state index in [-0.39, 0.29) is 23.5 Å². The molecule has 2 atom stereocenters. The molecule has 2 rings (SSSR count). The zero-order valence-corrected chi connectivity index (χ0v) is 10.8. The molecule has 0 radical (unpaired) electrons. The minimum absolute atomic E-state index is 0.0134. The summed E-state index contributed by atoms with van der Waals surface area (Å²) in [6.07, 6.45) is 0.755. The van der Waals surface area contributed by atoms with E-state index in [2.05, 4.69) is 5.32 Å². The van der Waals surface area contributed by atoms with E-state index in [1.807, 2.05) is 6.92 Å². The van der Waals surface area contributed by atoms with E-state index in [4.69, 9.17) is 4.74 Å². The second kappa shape index (κ2) is 5.40. The number of nitrogens with one attached hydrogen (secondary N) is 1. The maximum atomic E-state index is 12.2. The molecule has 1 fully saturated rings. The Kier molecular flexibility index (Phi) is 3.87. The molecule has 0 spiro atoms. The molecule has 1 amide bonds. The molecule has 1 aliphatic heterocycles. The zero-order valence-electron chi connectivity index (χ0n) is 10.8. The Hall–Kier alpha value is -1.55. The smallest absolute Gasteiger partial charge is 0.227 e. The monoisotopic (exact) mass is 249 g/mol. The number of carbonyl (C=O) groups is 1. The lowest BCUT2D eigenvalue weighted by molar-refractivity contribution is -0.125. The number of hydrogen-bond acceptors (Lipinski definition) is 3. The summed E-state index contributed by atoms with van der Waals surface area (Å²) in [7, 11) is 0. The molecule has 1 aromatic rings. The standard InChI is InChI=1S/C14H19NO3/c1-9-8-18-7-6-11(9)14(17)15-12-4-3-5-13(16)10(12)2/h3-5,9,11,16H,6-8H2,1-2H3,(H,15,17). The van der Waals surface area contributed by atoms with Crippen molar-refractivity contribution in [2.24, 2.45) is 11.8 Å². The Balaban J connectivity index is 2.09. The first-order valence-corrected chi connectivity index (χ1v) is 6.26. The predicted octanol–water partition coefficient (Wildman–Crippen LogP) is 2.31. The van der Waals surface area contributed by atoms with Gasteiger partial charge in [0.15, 0.2) is 0 Å². The van der Waals surface area contributed by atoms with Crippen LogP contribution in [0.4, 0.5) is 5.69 Å². The van der Waals surface area contributed by atoms with Crippen LogP contribution in [0.25, 0.3) is 0 Å². The maximum Gasteiger partial charge on any atom is 0.227 e. The third kappa shape index (κ3) is 2.64. The summed E-state index contributed by atoms with van der Waals surface area (Å²) in [5.74, 6) is 0.434. The number of anilines is 1. The van der Waals surface area contributed by atoms with Crippen molar-refractivity contribution in [2.45, 2.75) is 20.3 Å². The Bertz CT molecular complexity index is 445. The second-order valence-electron chi connectivity index (χ2n) is 4.89. The number of benzene rings is 1. The fraction of sp³-hybridized carbons (Fsp3) is 0.500. The van der Waals surface area contributed by atoms with Gasteiger partial charge in [-0.2, -0.15) is 0 Å². The van der Waals surface area contributed by atoms with Crippen LogP contribution in [0, 0.1) is 18.8 Å². The molecule has 2 unspecified atom stereocenters. The van der Waals surface area contributed by atoms with E-state index in [0.29, 0.717) is 24.5 Å². The summed E-state index contributed by atoms with van der Waals surface area (Å²) in [6.45, 7) is 5.09. The highest BCUT2D eigenvalue weighted by atomic mass is 16.5. The van der Waals surface area contributed by atoms with Crippen molar-refractivity contribution in [3.63, 3.8) is 0 Å². The van der Waals surface area contributed by atoms with E-state index >= 15 is 0 Å². The van der Waals surface area contributed by atoms with Gasteiger partial charge in [0.2, 0.25) is 5.91 Å². The van der Waals surface area contributed by atoms with Gasteiger partial charge in [-0.25, -0.2) is 0 Å². The van der Waals surface area contributed by atoms with Gasteiger partial charge in [-0.15, -0.1) is 0 Å². The molecule has 0 aliphatic carbocycles. The first-order valence-electron chi connectivity index (χ1n) is 6.26. The molecule has 4 nitrogen and oxygen atoms in total. The first-order chi connectivity index (χ1) is 8.59. The molecule has 18 heavy (non-hydrogen) atoms. The van der Waals surface area contributed by atoms with Gasteiger partial charge in [0.05, 0.1) is 0 Å². The topological polar surface area (TPSA) is 58.6 Å². The molecular weight excluding hydrogens is 230 g/mol. The van der Waals surface area contributed by atoms with Gasteiger partial charge in [0.25, 0.3) is 0 Å². The summed E-state index contributed by atoms with van der Waals surface area (Å²) in [4.78, 5) is 12.2. The molecule has 0 aromatic heterocycles. The summed E-state index contributed by atoms with van der Waals surface area (Å²) in [5.41, 5.74) is 1.38.